The van der Waals surface area contributed by atoms with E-state index in [1.807, 2.05) is 36.4 Å². The lowest BCUT2D eigenvalue weighted by atomic mass is 9.82. The molecule has 4 heteroatoms. The van der Waals surface area contributed by atoms with Crippen LogP contribution < -0.4 is 0 Å². The first-order valence-electron chi connectivity index (χ1n) is 12.0. The van der Waals surface area contributed by atoms with E-state index < -0.39 is 17.9 Å². The van der Waals surface area contributed by atoms with E-state index in [1.165, 1.54) is 7.11 Å². The Morgan fingerprint density at radius 1 is 0.886 bits per heavy atom. The van der Waals surface area contributed by atoms with Gasteiger partial charge in [-0.1, -0.05) is 116 Å². The number of ether oxygens (including phenoxy) is 1. The Morgan fingerprint density at radius 2 is 1.49 bits per heavy atom. The van der Waals surface area contributed by atoms with Crippen LogP contribution in [-0.2, 0) is 16.8 Å². The summed E-state index contributed by atoms with van der Waals surface area (Å²) in [7, 11) is 1.50. The van der Waals surface area contributed by atoms with Crippen LogP contribution in [-0.4, -0.2) is 41.2 Å². The summed E-state index contributed by atoms with van der Waals surface area (Å²) in [6.45, 7) is 4.26. The molecule has 4 nitrogen and oxygen atoms in total. The van der Waals surface area contributed by atoms with Gasteiger partial charge >= 0.3 is 0 Å². The van der Waals surface area contributed by atoms with Gasteiger partial charge in [0.05, 0.1) is 11.6 Å². The molecule has 0 radical (unpaired) electrons. The van der Waals surface area contributed by atoms with E-state index in [0.29, 0.717) is 13.0 Å². The summed E-state index contributed by atoms with van der Waals surface area (Å²) in [4.78, 5) is 2.27. The van der Waals surface area contributed by atoms with Crippen LogP contribution in [0.1, 0.15) is 23.1 Å². The number of benzene rings is 3. The average molecular weight is 468 g/mol. The lowest BCUT2D eigenvalue weighted by Gasteiger charge is -2.46. The number of fused-ring (bicyclic) bond motifs is 3. The highest BCUT2D eigenvalue weighted by Gasteiger charge is 2.49. The second-order valence-electron chi connectivity index (χ2n) is 8.66. The molecular weight excluding hydrogens is 434 g/mol. The zero-order valence-electron chi connectivity index (χ0n) is 20.1. The van der Waals surface area contributed by atoms with Gasteiger partial charge in [-0.05, 0) is 34.2 Å². The van der Waals surface area contributed by atoms with Crippen LogP contribution in [0.3, 0.4) is 0 Å². The van der Waals surface area contributed by atoms with Crippen molar-refractivity contribution in [3.05, 3.63) is 133 Å². The highest BCUT2D eigenvalue weighted by Crippen LogP contribution is 2.53. The summed E-state index contributed by atoms with van der Waals surface area (Å²) >= 11 is 0. The summed E-state index contributed by atoms with van der Waals surface area (Å²) in [5, 5.41) is 21.1. The number of aliphatic hydroxyl groups is 2. The van der Waals surface area contributed by atoms with Crippen LogP contribution in [0.2, 0.25) is 0 Å². The minimum Gasteiger partial charge on any atom is -0.396 e. The van der Waals surface area contributed by atoms with Gasteiger partial charge in [-0.15, -0.1) is 0 Å². The second-order valence-corrected chi connectivity index (χ2v) is 8.66. The van der Waals surface area contributed by atoms with Crippen molar-refractivity contribution in [2.75, 3.05) is 13.7 Å². The second kappa shape index (κ2) is 11.4. The number of rotatable bonds is 11. The van der Waals surface area contributed by atoms with Crippen molar-refractivity contribution in [3.8, 4) is 11.1 Å². The molecule has 180 valence electrons. The maximum absolute atomic E-state index is 11.1. The van der Waals surface area contributed by atoms with E-state index in [1.54, 1.807) is 6.08 Å². The summed E-state index contributed by atoms with van der Waals surface area (Å²) in [5.74, 6) is 0. The molecular formula is C31H33NO3. The van der Waals surface area contributed by atoms with Crippen molar-refractivity contribution in [2.45, 2.75) is 30.8 Å². The van der Waals surface area contributed by atoms with Crippen molar-refractivity contribution >= 4 is 0 Å². The first kappa shape index (κ1) is 24.8. The maximum atomic E-state index is 11.1. The molecule has 35 heavy (non-hydrogen) atoms. The van der Waals surface area contributed by atoms with E-state index in [2.05, 4.69) is 78.2 Å². The van der Waals surface area contributed by atoms with Gasteiger partial charge in [-0.3, -0.25) is 4.90 Å². The molecule has 1 unspecified atom stereocenters. The minimum atomic E-state index is -1.08. The van der Waals surface area contributed by atoms with Crippen LogP contribution in [0.25, 0.3) is 11.1 Å². The van der Waals surface area contributed by atoms with Gasteiger partial charge in [0.2, 0.25) is 0 Å². The lowest BCUT2D eigenvalue weighted by Crippen LogP contribution is -2.54. The number of allylic oxidation sites excluding steroid dienone is 4. The number of methoxy groups -OCH3 is 1. The first-order chi connectivity index (χ1) is 17.2. The molecule has 1 aliphatic rings. The Hall–Kier alpha value is -3.28. The maximum Gasteiger partial charge on any atom is 0.169 e. The normalized spacial score (nSPS) is 15.9. The van der Waals surface area contributed by atoms with E-state index >= 15 is 0 Å². The van der Waals surface area contributed by atoms with Crippen molar-refractivity contribution in [3.63, 3.8) is 0 Å². The number of hydrogen-bond donors (Lipinski definition) is 2. The summed E-state index contributed by atoms with van der Waals surface area (Å²) in [6, 6.07) is 26.6. The number of aliphatic hydroxyl groups excluding tert-OH is 2. The fourth-order valence-electron chi connectivity index (χ4n) is 5.19. The summed E-state index contributed by atoms with van der Waals surface area (Å²) in [5.41, 5.74) is 4.99. The van der Waals surface area contributed by atoms with E-state index in [9.17, 15) is 10.2 Å². The molecule has 4 rings (SSSR count). The predicted octanol–water partition coefficient (Wildman–Crippen LogP) is 5.43. The minimum absolute atomic E-state index is 0.0736. The lowest BCUT2D eigenvalue weighted by molar-refractivity contribution is -0.143. The molecule has 0 spiro atoms. The molecule has 0 saturated carbocycles. The SMILES string of the molecule is C=C/C=C\C=C\C1(N(Cc2ccccc2)[C@@H](CCO)C(O)OC)c2ccccc2-c2ccccc21. The summed E-state index contributed by atoms with van der Waals surface area (Å²) < 4.78 is 5.46. The first-order valence-corrected chi connectivity index (χ1v) is 12.0. The largest absolute Gasteiger partial charge is 0.396 e. The van der Waals surface area contributed by atoms with Gasteiger partial charge in [0, 0.05) is 20.3 Å². The smallest absolute Gasteiger partial charge is 0.169 e. The quantitative estimate of drug-likeness (QED) is 0.292. The average Bonchev–Trinajstić information content (AvgIpc) is 3.19. The molecule has 1 aliphatic carbocycles. The van der Waals surface area contributed by atoms with Gasteiger partial charge in [0.15, 0.2) is 6.29 Å². The van der Waals surface area contributed by atoms with E-state index in [0.717, 1.165) is 27.8 Å². The Morgan fingerprint density at radius 3 is 2.06 bits per heavy atom. The fraction of sp³-hybridized carbons (Fsp3) is 0.226. The Balaban J connectivity index is 2.02. The van der Waals surface area contributed by atoms with Gasteiger partial charge in [-0.2, -0.15) is 0 Å². The fourth-order valence-corrected chi connectivity index (χ4v) is 5.19. The van der Waals surface area contributed by atoms with Crippen molar-refractivity contribution in [1.82, 2.24) is 4.90 Å². The Bertz CT molecular complexity index is 1140. The predicted molar refractivity (Wildman–Crippen MR) is 142 cm³/mol. The molecule has 0 heterocycles. The van der Waals surface area contributed by atoms with Gasteiger partial charge in [0.1, 0.15) is 0 Å². The third kappa shape index (κ3) is 4.79. The summed E-state index contributed by atoms with van der Waals surface area (Å²) in [6.07, 6.45) is 9.10. The van der Waals surface area contributed by atoms with Gasteiger partial charge < -0.3 is 14.9 Å². The molecule has 2 atom stereocenters. The van der Waals surface area contributed by atoms with Crippen molar-refractivity contribution in [1.29, 1.82) is 0 Å². The molecule has 0 bridgehead atoms. The molecule has 3 aromatic rings. The topological polar surface area (TPSA) is 52.9 Å². The molecule has 0 fully saturated rings. The molecule has 0 aromatic heterocycles. The molecule has 0 amide bonds. The highest BCUT2D eigenvalue weighted by atomic mass is 16.6. The number of nitrogens with zero attached hydrogens (tertiary/aromatic N) is 1. The van der Waals surface area contributed by atoms with Gasteiger partial charge in [0.25, 0.3) is 0 Å². The van der Waals surface area contributed by atoms with E-state index in [-0.39, 0.29) is 6.61 Å². The van der Waals surface area contributed by atoms with Crippen LogP contribution in [0.4, 0.5) is 0 Å². The van der Waals surface area contributed by atoms with Gasteiger partial charge in [-0.25, -0.2) is 0 Å². The number of hydrogen-bond acceptors (Lipinski definition) is 4. The Labute approximate surface area is 208 Å². The highest BCUT2D eigenvalue weighted by molar-refractivity contribution is 5.82. The van der Waals surface area contributed by atoms with Crippen LogP contribution in [0.15, 0.2) is 116 Å². The molecule has 2 N–H and O–H groups in total. The zero-order valence-corrected chi connectivity index (χ0v) is 20.1. The Kier molecular flexibility index (Phi) is 8.11. The van der Waals surface area contributed by atoms with Crippen LogP contribution >= 0.6 is 0 Å². The van der Waals surface area contributed by atoms with Crippen molar-refractivity contribution in [2.24, 2.45) is 0 Å². The van der Waals surface area contributed by atoms with E-state index in [4.69, 9.17) is 4.74 Å². The van der Waals surface area contributed by atoms with Crippen LogP contribution in [0, 0.1) is 0 Å². The molecule has 3 aromatic carbocycles. The third-order valence-corrected chi connectivity index (χ3v) is 6.71. The third-order valence-electron chi connectivity index (χ3n) is 6.71. The zero-order chi connectivity index (χ0) is 24.7. The van der Waals surface area contributed by atoms with Crippen molar-refractivity contribution < 1.29 is 14.9 Å². The molecule has 0 aliphatic heterocycles. The standard InChI is InChI=1S/C31H33NO3/c1-3-4-5-13-21-31(27-18-11-9-16-25(27)26-17-10-12-19-28(26)31)32(23-24-14-7-6-8-15-24)29(20-22-33)30(34)35-2/h3-19,21,29-30,33-34H,1,20,22-23H2,2H3/b5-4-,21-13+/t29-,30?/m0/s1. The molecule has 0 saturated heterocycles. The monoisotopic (exact) mass is 467 g/mol. The van der Waals surface area contributed by atoms with Crippen LogP contribution in [0.5, 0.6) is 0 Å².